The predicted molar refractivity (Wildman–Crippen MR) is 96.3 cm³/mol. The lowest BCUT2D eigenvalue weighted by atomic mass is 9.65. The van der Waals surface area contributed by atoms with Crippen LogP contribution in [0.5, 0.6) is 0 Å². The number of carbonyl (C=O) groups excluding carboxylic acids is 2. The van der Waals surface area contributed by atoms with E-state index in [0.29, 0.717) is 37.9 Å². The minimum atomic E-state index is -0.517. The van der Waals surface area contributed by atoms with Gasteiger partial charge in [0.2, 0.25) is 5.91 Å². The number of halogens is 1. The third-order valence-corrected chi connectivity index (χ3v) is 6.33. The molecule has 2 unspecified atom stereocenters. The Labute approximate surface area is 156 Å². The number of hydrogen-bond donors (Lipinski definition) is 2. The number of fused-ring (bicyclic) bond motifs is 2. The molecule has 2 saturated carbocycles. The van der Waals surface area contributed by atoms with Crippen LogP contribution in [-0.4, -0.2) is 43.8 Å². The van der Waals surface area contributed by atoms with E-state index in [-0.39, 0.29) is 42.7 Å². The average molecular weight is 375 g/mol. The van der Waals surface area contributed by atoms with Gasteiger partial charge in [0.1, 0.15) is 0 Å². The van der Waals surface area contributed by atoms with Crippen LogP contribution in [-0.2, 0) is 19.1 Å². The maximum Gasteiger partial charge on any atom is 0.307 e. The van der Waals surface area contributed by atoms with Crippen LogP contribution in [0, 0.1) is 17.8 Å². The summed E-state index contributed by atoms with van der Waals surface area (Å²) in [4.78, 5) is 24.7. The third-order valence-electron chi connectivity index (χ3n) is 6.33. The molecule has 2 bridgehead atoms. The summed E-state index contributed by atoms with van der Waals surface area (Å²) in [6.45, 7) is 1.14. The maximum atomic E-state index is 12.9. The highest BCUT2D eigenvalue weighted by Gasteiger charge is 2.43. The van der Waals surface area contributed by atoms with Crippen LogP contribution in [0.3, 0.4) is 0 Å². The van der Waals surface area contributed by atoms with Crippen molar-refractivity contribution in [3.8, 4) is 0 Å². The third kappa shape index (κ3) is 4.66. The van der Waals surface area contributed by atoms with Crippen molar-refractivity contribution in [2.24, 2.45) is 23.5 Å². The summed E-state index contributed by atoms with van der Waals surface area (Å²) in [6.07, 6.45) is 6.83. The molecule has 6 nitrogen and oxygen atoms in total. The zero-order valence-corrected chi connectivity index (χ0v) is 15.8. The fourth-order valence-corrected chi connectivity index (χ4v) is 4.82. The van der Waals surface area contributed by atoms with E-state index in [1.807, 2.05) is 0 Å². The van der Waals surface area contributed by atoms with E-state index in [1.165, 1.54) is 13.5 Å². The van der Waals surface area contributed by atoms with Crippen LogP contribution in [0.15, 0.2) is 0 Å². The molecular formula is C18H31ClN2O4. The van der Waals surface area contributed by atoms with Gasteiger partial charge in [-0.05, 0) is 50.4 Å². The lowest BCUT2D eigenvalue weighted by Gasteiger charge is -2.45. The van der Waals surface area contributed by atoms with E-state index in [2.05, 4.69) is 5.32 Å². The van der Waals surface area contributed by atoms with Gasteiger partial charge in [-0.3, -0.25) is 9.59 Å². The average Bonchev–Trinajstić information content (AvgIpc) is 2.55. The summed E-state index contributed by atoms with van der Waals surface area (Å²) < 4.78 is 10.3. The fourth-order valence-electron chi connectivity index (χ4n) is 4.82. The lowest BCUT2D eigenvalue weighted by Crippen LogP contribution is -2.56. The SMILES string of the molecule is COC(=O)CC1(NC(=O)C2CC3CCCC(C2)C3N)CCOCC1.Cl. The number of esters is 1. The molecule has 7 heteroatoms. The molecule has 3 aliphatic rings. The first-order valence-electron chi connectivity index (χ1n) is 9.25. The van der Waals surface area contributed by atoms with Crippen LogP contribution < -0.4 is 11.1 Å². The highest BCUT2D eigenvalue weighted by atomic mass is 35.5. The van der Waals surface area contributed by atoms with E-state index < -0.39 is 5.54 Å². The Balaban J connectivity index is 0.00000225. The number of nitrogens with two attached hydrogens (primary N) is 1. The second kappa shape index (κ2) is 8.69. The van der Waals surface area contributed by atoms with E-state index in [1.54, 1.807) is 0 Å². The van der Waals surface area contributed by atoms with E-state index in [0.717, 1.165) is 25.7 Å². The van der Waals surface area contributed by atoms with Crippen molar-refractivity contribution in [2.75, 3.05) is 20.3 Å². The molecule has 2 atom stereocenters. The summed E-state index contributed by atoms with van der Waals surface area (Å²) in [5.41, 5.74) is 5.81. The Morgan fingerprint density at radius 2 is 1.80 bits per heavy atom. The first-order valence-corrected chi connectivity index (χ1v) is 9.25. The lowest BCUT2D eigenvalue weighted by molar-refractivity contribution is -0.144. The van der Waals surface area contributed by atoms with E-state index in [9.17, 15) is 9.59 Å². The molecule has 25 heavy (non-hydrogen) atoms. The van der Waals surface area contributed by atoms with Crippen LogP contribution in [0.25, 0.3) is 0 Å². The Morgan fingerprint density at radius 1 is 1.20 bits per heavy atom. The van der Waals surface area contributed by atoms with Crippen molar-refractivity contribution in [3.63, 3.8) is 0 Å². The summed E-state index contributed by atoms with van der Waals surface area (Å²) >= 11 is 0. The van der Waals surface area contributed by atoms with Gasteiger partial charge in [0.25, 0.3) is 0 Å². The largest absolute Gasteiger partial charge is 0.469 e. The van der Waals surface area contributed by atoms with Crippen LogP contribution in [0.1, 0.15) is 51.4 Å². The summed E-state index contributed by atoms with van der Waals surface area (Å²) in [5, 5.41) is 3.21. The molecule has 1 aliphatic heterocycles. The molecule has 144 valence electrons. The maximum absolute atomic E-state index is 12.9. The number of ether oxygens (including phenoxy) is 2. The zero-order chi connectivity index (χ0) is 17.2. The normalized spacial score (nSPS) is 33.7. The van der Waals surface area contributed by atoms with Crippen LogP contribution in [0.4, 0.5) is 0 Å². The van der Waals surface area contributed by atoms with Crippen molar-refractivity contribution in [1.82, 2.24) is 5.32 Å². The van der Waals surface area contributed by atoms with Crippen molar-refractivity contribution >= 4 is 24.3 Å². The topological polar surface area (TPSA) is 90.7 Å². The minimum absolute atomic E-state index is 0. The summed E-state index contributed by atoms with van der Waals surface area (Å²) in [7, 11) is 1.39. The standard InChI is InChI=1S/C18H30N2O4.ClH/c1-23-15(21)11-18(5-7-24-8-6-18)20-17(22)14-9-12-3-2-4-13(10-14)16(12)19;/h12-14,16H,2-11,19H2,1H3,(H,20,22);1H. The molecule has 1 saturated heterocycles. The molecule has 3 N–H and O–H groups in total. The highest BCUT2D eigenvalue weighted by Crippen LogP contribution is 2.42. The molecule has 0 aromatic carbocycles. The Bertz CT molecular complexity index is 468. The van der Waals surface area contributed by atoms with E-state index >= 15 is 0 Å². The van der Waals surface area contributed by atoms with Gasteiger partial charge in [0.15, 0.2) is 0 Å². The molecule has 1 heterocycles. The van der Waals surface area contributed by atoms with Gasteiger partial charge < -0.3 is 20.5 Å². The Morgan fingerprint density at radius 3 is 2.36 bits per heavy atom. The van der Waals surface area contributed by atoms with Gasteiger partial charge in [-0.15, -0.1) is 12.4 Å². The molecule has 1 amide bonds. The molecule has 0 radical (unpaired) electrons. The number of rotatable bonds is 4. The van der Waals surface area contributed by atoms with Crippen molar-refractivity contribution in [1.29, 1.82) is 0 Å². The molecule has 3 rings (SSSR count). The quantitative estimate of drug-likeness (QED) is 0.732. The van der Waals surface area contributed by atoms with Gasteiger partial charge in [-0.25, -0.2) is 0 Å². The highest BCUT2D eigenvalue weighted by molar-refractivity contribution is 5.85. The molecule has 2 aliphatic carbocycles. The van der Waals surface area contributed by atoms with Gasteiger partial charge in [0, 0.05) is 25.2 Å². The number of hydrogen-bond acceptors (Lipinski definition) is 5. The first-order chi connectivity index (χ1) is 11.5. The summed E-state index contributed by atoms with van der Waals surface area (Å²) in [6, 6.07) is 0.259. The number of carbonyl (C=O) groups is 2. The summed E-state index contributed by atoms with van der Waals surface area (Å²) in [5.74, 6) is 0.779. The molecule has 0 aromatic rings. The fraction of sp³-hybridized carbons (Fsp3) is 0.889. The smallest absolute Gasteiger partial charge is 0.307 e. The molecule has 3 fully saturated rings. The number of methoxy groups -OCH3 is 1. The number of nitrogens with one attached hydrogen (secondary N) is 1. The van der Waals surface area contributed by atoms with Crippen LogP contribution in [0.2, 0.25) is 0 Å². The number of amides is 1. The Kier molecular flexibility index (Phi) is 7.11. The van der Waals surface area contributed by atoms with Gasteiger partial charge in [-0.2, -0.15) is 0 Å². The van der Waals surface area contributed by atoms with Crippen molar-refractivity contribution in [3.05, 3.63) is 0 Å². The van der Waals surface area contributed by atoms with Crippen LogP contribution >= 0.6 is 12.4 Å². The molecule has 0 aromatic heterocycles. The van der Waals surface area contributed by atoms with Crippen molar-refractivity contribution in [2.45, 2.75) is 62.9 Å². The first kappa shape index (κ1) is 20.5. The second-order valence-electron chi connectivity index (χ2n) is 7.83. The van der Waals surface area contributed by atoms with Gasteiger partial charge in [0.05, 0.1) is 19.1 Å². The minimum Gasteiger partial charge on any atom is -0.469 e. The molecular weight excluding hydrogens is 344 g/mol. The predicted octanol–water partition coefficient (Wildman–Crippen LogP) is 1.79. The van der Waals surface area contributed by atoms with Gasteiger partial charge in [-0.1, -0.05) is 6.42 Å². The molecule has 0 spiro atoms. The van der Waals surface area contributed by atoms with E-state index in [4.69, 9.17) is 15.2 Å². The van der Waals surface area contributed by atoms with Gasteiger partial charge >= 0.3 is 5.97 Å². The van der Waals surface area contributed by atoms with Crippen molar-refractivity contribution < 1.29 is 19.1 Å². The Hall–Kier alpha value is -0.850. The monoisotopic (exact) mass is 374 g/mol. The second-order valence-corrected chi connectivity index (χ2v) is 7.83. The zero-order valence-electron chi connectivity index (χ0n) is 15.0.